The quantitative estimate of drug-likeness (QED) is 0.784. The number of hydrogen-bond acceptors (Lipinski definition) is 2. The van der Waals surface area contributed by atoms with Gasteiger partial charge in [-0.3, -0.25) is 4.79 Å². The first kappa shape index (κ1) is 12.2. The molecule has 2 saturated carbocycles. The fraction of sp³-hybridized carbons (Fsp3) is 0.533. The Bertz CT molecular complexity index is 473. The molecule has 0 N–H and O–H groups in total. The molecule has 2 aliphatic carbocycles. The van der Waals surface area contributed by atoms with E-state index in [0.717, 1.165) is 40.5 Å². The molecule has 18 heavy (non-hydrogen) atoms. The molecule has 0 radical (unpaired) electrons. The van der Waals surface area contributed by atoms with Crippen molar-refractivity contribution in [2.75, 3.05) is 6.61 Å². The van der Waals surface area contributed by atoms with Gasteiger partial charge in [-0.15, -0.1) is 0 Å². The smallest absolute Gasteiger partial charge is 0.169 e. The zero-order valence-corrected chi connectivity index (χ0v) is 12.1. The molecule has 1 aromatic carbocycles. The van der Waals surface area contributed by atoms with E-state index >= 15 is 0 Å². The van der Waals surface area contributed by atoms with Crippen molar-refractivity contribution in [2.24, 2.45) is 17.8 Å². The van der Waals surface area contributed by atoms with Gasteiger partial charge >= 0.3 is 0 Å². The number of fused-ring (bicyclic) bond motifs is 1. The summed E-state index contributed by atoms with van der Waals surface area (Å²) in [5, 5.41) is 0. The first-order valence-corrected chi connectivity index (χ1v) is 7.45. The third kappa shape index (κ3) is 2.20. The second kappa shape index (κ2) is 4.69. The van der Waals surface area contributed by atoms with Gasteiger partial charge in [0.2, 0.25) is 0 Å². The van der Waals surface area contributed by atoms with Crippen LogP contribution >= 0.6 is 15.9 Å². The molecule has 0 heterocycles. The van der Waals surface area contributed by atoms with E-state index in [1.54, 1.807) is 0 Å². The lowest BCUT2D eigenvalue weighted by Gasteiger charge is -2.14. The maximum absolute atomic E-state index is 12.6. The van der Waals surface area contributed by atoms with Gasteiger partial charge in [0.15, 0.2) is 5.78 Å². The van der Waals surface area contributed by atoms with Crippen LogP contribution in [-0.4, -0.2) is 12.4 Å². The first-order valence-electron chi connectivity index (χ1n) is 6.65. The van der Waals surface area contributed by atoms with Crippen LogP contribution in [0, 0.1) is 17.8 Å². The number of rotatable bonds is 4. The van der Waals surface area contributed by atoms with Crippen molar-refractivity contribution in [3.63, 3.8) is 0 Å². The molecule has 0 saturated heterocycles. The van der Waals surface area contributed by atoms with Crippen LogP contribution in [0.1, 0.15) is 36.5 Å². The highest BCUT2D eigenvalue weighted by Gasteiger charge is 2.48. The molecule has 1 aromatic rings. The summed E-state index contributed by atoms with van der Waals surface area (Å²) in [6.07, 6.45) is 3.52. The largest absolute Gasteiger partial charge is 0.493 e. The van der Waals surface area contributed by atoms with E-state index in [1.807, 2.05) is 25.1 Å². The summed E-state index contributed by atoms with van der Waals surface area (Å²) in [6, 6.07) is 5.71. The van der Waals surface area contributed by atoms with Crippen LogP contribution in [0.2, 0.25) is 0 Å². The van der Waals surface area contributed by atoms with Crippen molar-refractivity contribution in [3.8, 4) is 5.75 Å². The predicted molar refractivity (Wildman–Crippen MR) is 74.0 cm³/mol. The van der Waals surface area contributed by atoms with E-state index in [1.165, 1.54) is 6.42 Å². The Labute approximate surface area is 116 Å². The van der Waals surface area contributed by atoms with Crippen LogP contribution in [-0.2, 0) is 0 Å². The van der Waals surface area contributed by atoms with Gasteiger partial charge in [0.1, 0.15) is 5.75 Å². The lowest BCUT2D eigenvalue weighted by atomic mass is 9.93. The monoisotopic (exact) mass is 308 g/mol. The molecule has 2 atom stereocenters. The van der Waals surface area contributed by atoms with Gasteiger partial charge in [0, 0.05) is 10.4 Å². The summed E-state index contributed by atoms with van der Waals surface area (Å²) in [5.41, 5.74) is 0.748. The zero-order chi connectivity index (χ0) is 12.7. The molecular formula is C15H17BrO2. The molecule has 96 valence electrons. The Hall–Kier alpha value is -0.830. The van der Waals surface area contributed by atoms with E-state index in [-0.39, 0.29) is 11.7 Å². The molecule has 0 spiro atoms. The summed E-state index contributed by atoms with van der Waals surface area (Å²) < 4.78 is 6.51. The summed E-state index contributed by atoms with van der Waals surface area (Å²) in [7, 11) is 0. The van der Waals surface area contributed by atoms with Gasteiger partial charge in [-0.05, 0) is 56.2 Å². The minimum absolute atomic E-state index is 0.224. The minimum atomic E-state index is 0.224. The molecule has 0 aromatic heterocycles. The Morgan fingerprint density at radius 1 is 1.33 bits per heavy atom. The molecule has 3 heteroatoms. The highest BCUT2D eigenvalue weighted by Crippen LogP contribution is 2.55. The summed E-state index contributed by atoms with van der Waals surface area (Å²) >= 11 is 3.44. The summed E-state index contributed by atoms with van der Waals surface area (Å²) in [6.45, 7) is 2.54. The standard InChI is InChI=1S/C15H17BrO2/c1-2-18-14-4-3-12(16)8-13(14)15(17)11-6-9-5-10(9)7-11/h3-4,8-11H,2,5-7H2,1H3. The molecule has 0 bridgehead atoms. The van der Waals surface area contributed by atoms with Gasteiger partial charge in [-0.2, -0.15) is 0 Å². The number of carbonyl (C=O) groups excluding carboxylic acids is 1. The maximum Gasteiger partial charge on any atom is 0.169 e. The number of ether oxygens (including phenoxy) is 1. The Morgan fingerprint density at radius 2 is 2.06 bits per heavy atom. The van der Waals surface area contributed by atoms with Gasteiger partial charge in [0.25, 0.3) is 0 Å². The average Bonchev–Trinajstić information content (AvgIpc) is 2.98. The van der Waals surface area contributed by atoms with Crippen molar-refractivity contribution in [1.82, 2.24) is 0 Å². The third-order valence-corrected chi connectivity index (χ3v) is 4.61. The topological polar surface area (TPSA) is 26.3 Å². The number of hydrogen-bond donors (Lipinski definition) is 0. The van der Waals surface area contributed by atoms with Crippen molar-refractivity contribution >= 4 is 21.7 Å². The van der Waals surface area contributed by atoms with Crippen LogP contribution in [0.25, 0.3) is 0 Å². The van der Waals surface area contributed by atoms with Gasteiger partial charge in [-0.25, -0.2) is 0 Å². The predicted octanol–water partition coefficient (Wildman–Crippen LogP) is 4.08. The van der Waals surface area contributed by atoms with Crippen LogP contribution in [0.15, 0.2) is 22.7 Å². The van der Waals surface area contributed by atoms with E-state index in [9.17, 15) is 4.79 Å². The lowest BCUT2D eigenvalue weighted by molar-refractivity contribution is 0.0910. The zero-order valence-electron chi connectivity index (χ0n) is 10.5. The van der Waals surface area contributed by atoms with Crippen molar-refractivity contribution in [3.05, 3.63) is 28.2 Å². The Kier molecular flexibility index (Phi) is 3.18. The Balaban J connectivity index is 1.85. The van der Waals surface area contributed by atoms with Crippen molar-refractivity contribution in [1.29, 1.82) is 0 Å². The Morgan fingerprint density at radius 3 is 2.72 bits per heavy atom. The molecule has 2 aliphatic rings. The highest BCUT2D eigenvalue weighted by molar-refractivity contribution is 9.10. The fourth-order valence-electron chi connectivity index (χ4n) is 3.12. The fourth-order valence-corrected chi connectivity index (χ4v) is 3.49. The summed E-state index contributed by atoms with van der Waals surface area (Å²) in [4.78, 5) is 12.6. The maximum atomic E-state index is 12.6. The molecule has 2 nitrogen and oxygen atoms in total. The van der Waals surface area contributed by atoms with E-state index in [4.69, 9.17) is 4.74 Å². The molecule has 0 aliphatic heterocycles. The van der Waals surface area contributed by atoms with Crippen LogP contribution in [0.3, 0.4) is 0 Å². The molecule has 2 unspecified atom stereocenters. The molecule has 2 fully saturated rings. The van der Waals surface area contributed by atoms with Crippen molar-refractivity contribution in [2.45, 2.75) is 26.2 Å². The third-order valence-electron chi connectivity index (χ3n) is 4.12. The SMILES string of the molecule is CCOc1ccc(Br)cc1C(=O)C1CC2CC2C1. The molecule has 0 amide bonds. The van der Waals surface area contributed by atoms with Crippen LogP contribution in [0.4, 0.5) is 0 Å². The molecular weight excluding hydrogens is 292 g/mol. The number of carbonyl (C=O) groups is 1. The summed E-state index contributed by atoms with van der Waals surface area (Å²) in [5.74, 6) is 2.89. The number of ketones is 1. The van der Waals surface area contributed by atoms with Crippen molar-refractivity contribution < 1.29 is 9.53 Å². The second-order valence-corrected chi connectivity index (χ2v) is 6.28. The van der Waals surface area contributed by atoms with E-state index in [0.29, 0.717) is 6.61 Å². The van der Waals surface area contributed by atoms with Gasteiger partial charge < -0.3 is 4.74 Å². The first-order chi connectivity index (χ1) is 8.69. The second-order valence-electron chi connectivity index (χ2n) is 5.36. The number of halogens is 1. The van der Waals surface area contributed by atoms with Gasteiger partial charge in [-0.1, -0.05) is 15.9 Å². The van der Waals surface area contributed by atoms with Crippen LogP contribution in [0.5, 0.6) is 5.75 Å². The minimum Gasteiger partial charge on any atom is -0.493 e. The van der Waals surface area contributed by atoms with Crippen LogP contribution < -0.4 is 4.74 Å². The lowest BCUT2D eigenvalue weighted by Crippen LogP contribution is -2.14. The van der Waals surface area contributed by atoms with Gasteiger partial charge in [0.05, 0.1) is 12.2 Å². The van der Waals surface area contributed by atoms with E-state index < -0.39 is 0 Å². The average molecular weight is 309 g/mol. The molecule has 3 rings (SSSR count). The number of Topliss-reactive ketones (excluding diaryl/α,β-unsaturated/α-hetero) is 1. The number of benzene rings is 1. The van der Waals surface area contributed by atoms with E-state index in [2.05, 4.69) is 15.9 Å². The highest BCUT2D eigenvalue weighted by atomic mass is 79.9. The normalized spacial score (nSPS) is 28.9.